The molecule has 1 fully saturated rings. The summed E-state index contributed by atoms with van der Waals surface area (Å²) >= 11 is 0. The Morgan fingerprint density at radius 3 is 2.33 bits per heavy atom. The highest BCUT2D eigenvalue weighted by atomic mass is 127. The fourth-order valence-corrected chi connectivity index (χ4v) is 3.99. The van der Waals surface area contributed by atoms with Gasteiger partial charge in [-0.2, -0.15) is 0 Å². The van der Waals surface area contributed by atoms with E-state index in [0.29, 0.717) is 25.2 Å². The predicted octanol–water partition coefficient (Wildman–Crippen LogP) is 4.04. The van der Waals surface area contributed by atoms with Crippen LogP contribution < -0.4 is 10.6 Å². The number of hydrogen-bond donors (Lipinski definition) is 2. The Bertz CT molecular complexity index is 826. The fraction of sp³-hybridized carbons (Fsp3) is 0.500. The number of aliphatic imine (C=N–C) groups is 1. The lowest BCUT2D eigenvalue weighted by atomic mass is 10.0. The van der Waals surface area contributed by atoms with Crippen LogP contribution in [0, 0.1) is 5.92 Å². The molecule has 0 spiro atoms. The summed E-state index contributed by atoms with van der Waals surface area (Å²) in [6.45, 7) is 11.0. The molecule has 1 aliphatic heterocycles. The molecule has 1 heterocycles. The van der Waals surface area contributed by atoms with Crippen molar-refractivity contribution >= 4 is 29.9 Å². The first kappa shape index (κ1) is 27.6. The fourth-order valence-electron chi connectivity index (χ4n) is 3.99. The Morgan fingerprint density at radius 1 is 0.970 bits per heavy atom. The van der Waals surface area contributed by atoms with Crippen molar-refractivity contribution in [1.82, 2.24) is 15.5 Å². The Kier molecular flexibility index (Phi) is 12.8. The van der Waals surface area contributed by atoms with Crippen LogP contribution in [0.15, 0.2) is 59.6 Å². The third kappa shape index (κ3) is 9.60. The van der Waals surface area contributed by atoms with E-state index in [4.69, 9.17) is 9.47 Å². The topological polar surface area (TPSA) is 58.1 Å². The molecular formula is C26H39IN4O2. The van der Waals surface area contributed by atoms with E-state index in [2.05, 4.69) is 70.8 Å². The van der Waals surface area contributed by atoms with Crippen LogP contribution in [0.5, 0.6) is 0 Å². The molecule has 7 heteroatoms. The van der Waals surface area contributed by atoms with Crippen LogP contribution >= 0.6 is 24.0 Å². The molecular weight excluding hydrogens is 527 g/mol. The first-order chi connectivity index (χ1) is 15.7. The van der Waals surface area contributed by atoms with Crippen molar-refractivity contribution < 1.29 is 9.47 Å². The molecule has 33 heavy (non-hydrogen) atoms. The molecule has 2 N–H and O–H groups in total. The van der Waals surface area contributed by atoms with Gasteiger partial charge < -0.3 is 20.1 Å². The van der Waals surface area contributed by atoms with Crippen LogP contribution in [0.1, 0.15) is 30.5 Å². The monoisotopic (exact) mass is 566 g/mol. The van der Waals surface area contributed by atoms with E-state index in [1.807, 2.05) is 25.2 Å². The zero-order valence-electron chi connectivity index (χ0n) is 20.1. The Morgan fingerprint density at radius 2 is 1.64 bits per heavy atom. The van der Waals surface area contributed by atoms with Crippen molar-refractivity contribution in [2.75, 3.05) is 39.9 Å². The Balaban J connectivity index is 0.00000385. The average molecular weight is 567 g/mol. The predicted molar refractivity (Wildman–Crippen MR) is 146 cm³/mol. The van der Waals surface area contributed by atoms with Gasteiger partial charge in [0.2, 0.25) is 0 Å². The molecule has 182 valence electrons. The molecule has 6 nitrogen and oxygen atoms in total. The van der Waals surface area contributed by atoms with Crippen LogP contribution in [0.3, 0.4) is 0 Å². The van der Waals surface area contributed by atoms with Gasteiger partial charge in [-0.3, -0.25) is 9.89 Å². The molecule has 0 aromatic heterocycles. The summed E-state index contributed by atoms with van der Waals surface area (Å²) in [6.07, 6.45) is 0. The van der Waals surface area contributed by atoms with Crippen molar-refractivity contribution in [2.45, 2.75) is 39.6 Å². The average Bonchev–Trinajstić information content (AvgIpc) is 2.82. The van der Waals surface area contributed by atoms with Gasteiger partial charge in [0.25, 0.3) is 0 Å². The standard InChI is InChI=1S/C26H38N4O2.HI/c1-21(2)25(30-12-14-31-15-13-30)18-29-26(27-3)28-17-23-10-7-11-24(16-23)20-32-19-22-8-5-4-6-9-22;/h4-11,16,21,25H,12-15,17-20H2,1-3H3,(H2,27,28,29);1H. The van der Waals surface area contributed by atoms with Crippen molar-refractivity contribution in [3.63, 3.8) is 0 Å². The minimum atomic E-state index is 0. The van der Waals surface area contributed by atoms with E-state index < -0.39 is 0 Å². The maximum Gasteiger partial charge on any atom is 0.191 e. The van der Waals surface area contributed by atoms with Gasteiger partial charge in [0.1, 0.15) is 0 Å². The molecule has 0 radical (unpaired) electrons. The highest BCUT2D eigenvalue weighted by molar-refractivity contribution is 14.0. The van der Waals surface area contributed by atoms with Crippen molar-refractivity contribution in [2.24, 2.45) is 10.9 Å². The van der Waals surface area contributed by atoms with E-state index in [1.54, 1.807) is 0 Å². The lowest BCUT2D eigenvalue weighted by molar-refractivity contribution is 0.00752. The van der Waals surface area contributed by atoms with Crippen molar-refractivity contribution in [3.05, 3.63) is 71.3 Å². The van der Waals surface area contributed by atoms with Gasteiger partial charge in [-0.1, -0.05) is 68.4 Å². The number of nitrogens with one attached hydrogen (secondary N) is 2. The summed E-state index contributed by atoms with van der Waals surface area (Å²) in [5, 5.41) is 6.96. The number of rotatable bonds is 10. The smallest absolute Gasteiger partial charge is 0.191 e. The van der Waals surface area contributed by atoms with Crippen LogP contribution in [0.25, 0.3) is 0 Å². The third-order valence-electron chi connectivity index (χ3n) is 5.82. The lowest BCUT2D eigenvalue weighted by Crippen LogP contribution is -2.52. The summed E-state index contributed by atoms with van der Waals surface area (Å²) < 4.78 is 11.4. The largest absolute Gasteiger partial charge is 0.379 e. The van der Waals surface area contributed by atoms with E-state index in [1.165, 1.54) is 16.7 Å². The number of guanidine groups is 1. The number of morpholine rings is 1. The number of hydrogen-bond acceptors (Lipinski definition) is 4. The van der Waals surface area contributed by atoms with Crippen LogP contribution in [0.4, 0.5) is 0 Å². The lowest BCUT2D eigenvalue weighted by Gasteiger charge is -2.37. The van der Waals surface area contributed by atoms with Crippen LogP contribution in [-0.4, -0.2) is 56.8 Å². The van der Waals surface area contributed by atoms with Crippen molar-refractivity contribution in [1.29, 1.82) is 0 Å². The van der Waals surface area contributed by atoms with Gasteiger partial charge in [-0.25, -0.2) is 0 Å². The van der Waals surface area contributed by atoms with Gasteiger partial charge in [-0.05, 0) is 22.6 Å². The zero-order valence-corrected chi connectivity index (χ0v) is 22.5. The molecule has 1 aliphatic rings. The number of nitrogens with zero attached hydrogens (tertiary/aromatic N) is 2. The second-order valence-corrected chi connectivity index (χ2v) is 8.56. The van der Waals surface area contributed by atoms with Crippen LogP contribution in [0.2, 0.25) is 0 Å². The maximum absolute atomic E-state index is 5.88. The zero-order chi connectivity index (χ0) is 22.6. The third-order valence-corrected chi connectivity index (χ3v) is 5.82. The Hall–Kier alpha value is -1.68. The molecule has 0 amide bonds. The second kappa shape index (κ2) is 15.3. The van der Waals surface area contributed by atoms with Gasteiger partial charge in [-0.15, -0.1) is 24.0 Å². The number of benzene rings is 2. The highest BCUT2D eigenvalue weighted by Gasteiger charge is 2.23. The minimum Gasteiger partial charge on any atom is -0.379 e. The van der Waals surface area contributed by atoms with Gasteiger partial charge in [0.05, 0.1) is 26.4 Å². The van der Waals surface area contributed by atoms with E-state index in [0.717, 1.165) is 45.4 Å². The van der Waals surface area contributed by atoms with Gasteiger partial charge >= 0.3 is 0 Å². The number of halogens is 1. The van der Waals surface area contributed by atoms with E-state index in [-0.39, 0.29) is 24.0 Å². The summed E-state index contributed by atoms with van der Waals surface area (Å²) in [5.41, 5.74) is 3.58. The summed E-state index contributed by atoms with van der Waals surface area (Å²) in [7, 11) is 1.82. The van der Waals surface area contributed by atoms with Gasteiger partial charge in [0.15, 0.2) is 5.96 Å². The first-order valence-electron chi connectivity index (χ1n) is 11.6. The molecule has 1 atom stereocenters. The molecule has 0 saturated carbocycles. The molecule has 1 saturated heterocycles. The summed E-state index contributed by atoms with van der Waals surface area (Å²) in [5.74, 6) is 1.39. The first-order valence-corrected chi connectivity index (χ1v) is 11.6. The van der Waals surface area contributed by atoms with Crippen molar-refractivity contribution in [3.8, 4) is 0 Å². The normalized spacial score (nSPS) is 15.7. The highest BCUT2D eigenvalue weighted by Crippen LogP contribution is 2.12. The van der Waals surface area contributed by atoms with Gasteiger partial charge in [0, 0.05) is 39.3 Å². The quantitative estimate of drug-likeness (QED) is 0.258. The molecule has 1 unspecified atom stereocenters. The van der Waals surface area contributed by atoms with E-state index in [9.17, 15) is 0 Å². The molecule has 0 bridgehead atoms. The second-order valence-electron chi connectivity index (χ2n) is 8.56. The molecule has 2 aromatic carbocycles. The molecule has 3 rings (SSSR count). The maximum atomic E-state index is 5.88. The minimum absolute atomic E-state index is 0. The van der Waals surface area contributed by atoms with E-state index >= 15 is 0 Å². The molecule has 2 aromatic rings. The number of ether oxygens (including phenoxy) is 2. The van der Waals surface area contributed by atoms with Crippen LogP contribution in [-0.2, 0) is 29.2 Å². The molecule has 0 aliphatic carbocycles. The summed E-state index contributed by atoms with van der Waals surface area (Å²) in [4.78, 5) is 6.93. The SMILES string of the molecule is CN=C(NCc1cccc(COCc2ccccc2)c1)NCC(C(C)C)N1CCOCC1.I. The summed E-state index contributed by atoms with van der Waals surface area (Å²) in [6, 6.07) is 19.2. The Labute approximate surface area is 216 Å².